The third kappa shape index (κ3) is 2.79. The highest BCUT2D eigenvalue weighted by molar-refractivity contribution is 5.97. The molecule has 0 aliphatic rings. The van der Waals surface area contributed by atoms with Crippen LogP contribution in [0.15, 0.2) is 30.6 Å². The first-order valence-electron chi connectivity index (χ1n) is 5.90. The van der Waals surface area contributed by atoms with E-state index in [4.69, 9.17) is 4.74 Å². The van der Waals surface area contributed by atoms with Crippen LogP contribution in [0.4, 0.5) is 5.69 Å². The Morgan fingerprint density at radius 1 is 1.42 bits per heavy atom. The molecule has 0 bridgehead atoms. The Labute approximate surface area is 111 Å². The molecule has 0 saturated heterocycles. The molecule has 1 N–H and O–H groups in total. The monoisotopic (exact) mass is 260 g/mol. The Hall–Kier alpha value is -2.21. The van der Waals surface area contributed by atoms with Gasteiger partial charge in [-0.05, 0) is 19.1 Å². The Kier molecular flexibility index (Phi) is 3.91. The topological polar surface area (TPSA) is 69.0 Å². The van der Waals surface area contributed by atoms with E-state index in [0.717, 1.165) is 5.56 Å². The van der Waals surface area contributed by atoms with Gasteiger partial charge < -0.3 is 14.6 Å². The highest BCUT2D eigenvalue weighted by Crippen LogP contribution is 2.25. The smallest absolute Gasteiger partial charge is 0.253 e. The molecule has 1 aromatic carbocycles. The number of carbonyl (C=O) groups is 1. The third-order valence-corrected chi connectivity index (χ3v) is 2.86. The number of aryl methyl sites for hydroxylation is 1. The second kappa shape index (κ2) is 5.62. The number of nitrogens with one attached hydrogen (secondary N) is 1. The first-order valence-corrected chi connectivity index (χ1v) is 5.90. The molecular weight excluding hydrogens is 244 g/mol. The number of amides is 1. The Bertz CT molecular complexity index is 580. The number of para-hydroxylation sites is 1. The van der Waals surface area contributed by atoms with Crippen molar-refractivity contribution in [2.75, 3.05) is 12.4 Å². The zero-order valence-electron chi connectivity index (χ0n) is 11.1. The Morgan fingerprint density at radius 2 is 2.16 bits per heavy atom. The Morgan fingerprint density at radius 3 is 2.79 bits per heavy atom. The van der Waals surface area contributed by atoms with Gasteiger partial charge in [0.05, 0.1) is 5.69 Å². The van der Waals surface area contributed by atoms with Crippen LogP contribution in [0.3, 0.4) is 0 Å². The lowest BCUT2D eigenvalue weighted by atomic mass is 10.1. The van der Waals surface area contributed by atoms with Gasteiger partial charge in [-0.25, -0.2) is 0 Å². The fraction of sp³-hybridized carbons (Fsp3) is 0.308. The number of hydrogen-bond donors (Lipinski definition) is 1. The summed E-state index contributed by atoms with van der Waals surface area (Å²) in [7, 11) is 3.35. The predicted molar refractivity (Wildman–Crippen MR) is 71.5 cm³/mol. The largest absolute Gasteiger partial charge is 0.372 e. The van der Waals surface area contributed by atoms with Gasteiger partial charge in [0, 0.05) is 19.7 Å². The summed E-state index contributed by atoms with van der Waals surface area (Å²) in [6.45, 7) is 1.69. The van der Waals surface area contributed by atoms with Gasteiger partial charge in [-0.1, -0.05) is 12.1 Å². The molecule has 19 heavy (non-hydrogen) atoms. The van der Waals surface area contributed by atoms with Gasteiger partial charge in [0.25, 0.3) is 5.91 Å². The van der Waals surface area contributed by atoms with Gasteiger partial charge in [0.15, 0.2) is 5.82 Å². The number of carbonyl (C=O) groups excluding carboxylic acids is 1. The third-order valence-electron chi connectivity index (χ3n) is 2.86. The molecule has 1 heterocycles. The molecule has 1 amide bonds. The van der Waals surface area contributed by atoms with Crippen LogP contribution in [0.2, 0.25) is 0 Å². The Balaban J connectivity index is 2.32. The average molecular weight is 260 g/mol. The number of methoxy groups -OCH3 is 1. The van der Waals surface area contributed by atoms with E-state index in [9.17, 15) is 4.79 Å². The van der Waals surface area contributed by atoms with Crippen LogP contribution in [0.5, 0.6) is 0 Å². The molecule has 0 aliphatic carbocycles. The van der Waals surface area contributed by atoms with Gasteiger partial charge in [0.2, 0.25) is 0 Å². The van der Waals surface area contributed by atoms with E-state index in [1.54, 1.807) is 17.8 Å². The number of nitrogens with zero attached hydrogens (tertiary/aromatic N) is 3. The van der Waals surface area contributed by atoms with Crippen molar-refractivity contribution in [3.63, 3.8) is 0 Å². The minimum absolute atomic E-state index is 0.197. The van der Waals surface area contributed by atoms with Crippen LogP contribution in [0, 0.1) is 0 Å². The molecule has 6 nitrogen and oxygen atoms in total. The van der Waals surface area contributed by atoms with Crippen LogP contribution in [-0.2, 0) is 16.6 Å². The van der Waals surface area contributed by atoms with Crippen LogP contribution >= 0.6 is 0 Å². The fourth-order valence-electron chi connectivity index (χ4n) is 1.66. The number of ether oxygens (including phenoxy) is 1. The molecule has 6 heteroatoms. The summed E-state index contributed by atoms with van der Waals surface area (Å²) in [5.41, 5.74) is 1.51. The summed E-state index contributed by atoms with van der Waals surface area (Å²) in [5.74, 6) is 0.498. The van der Waals surface area contributed by atoms with Gasteiger partial charge >= 0.3 is 0 Å². The summed E-state index contributed by atoms with van der Waals surface area (Å²) in [5, 5.41) is 10.7. The standard InChI is InChI=1S/C13H16N4O2/c1-9(19-3)13(18)15-11-7-5-4-6-10(11)12-16-14-8-17(12)2/h4-9H,1-3H3,(H,15,18). The number of rotatable bonds is 4. The van der Waals surface area contributed by atoms with Crippen molar-refractivity contribution in [2.24, 2.45) is 7.05 Å². The van der Waals surface area contributed by atoms with Crippen LogP contribution in [0.25, 0.3) is 11.4 Å². The minimum atomic E-state index is -0.507. The lowest BCUT2D eigenvalue weighted by Gasteiger charge is -2.13. The van der Waals surface area contributed by atoms with Crippen molar-refractivity contribution in [2.45, 2.75) is 13.0 Å². The zero-order valence-corrected chi connectivity index (χ0v) is 11.1. The van der Waals surface area contributed by atoms with E-state index in [1.165, 1.54) is 7.11 Å². The number of anilines is 1. The molecular formula is C13H16N4O2. The quantitative estimate of drug-likeness (QED) is 0.903. The lowest BCUT2D eigenvalue weighted by Crippen LogP contribution is -2.26. The molecule has 0 radical (unpaired) electrons. The van der Waals surface area contributed by atoms with Gasteiger partial charge in [-0.2, -0.15) is 0 Å². The van der Waals surface area contributed by atoms with Gasteiger partial charge in [-0.15, -0.1) is 10.2 Å². The predicted octanol–water partition coefficient (Wildman–Crippen LogP) is 1.46. The maximum atomic E-state index is 11.9. The molecule has 1 unspecified atom stereocenters. The zero-order chi connectivity index (χ0) is 13.8. The van der Waals surface area contributed by atoms with Crippen molar-refractivity contribution >= 4 is 11.6 Å². The van der Waals surface area contributed by atoms with E-state index in [0.29, 0.717) is 11.5 Å². The molecule has 0 fully saturated rings. The van der Waals surface area contributed by atoms with Crippen LogP contribution in [0.1, 0.15) is 6.92 Å². The minimum Gasteiger partial charge on any atom is -0.372 e. The second-order valence-electron chi connectivity index (χ2n) is 4.18. The summed E-state index contributed by atoms with van der Waals surface area (Å²) < 4.78 is 6.79. The normalized spacial score (nSPS) is 12.2. The van der Waals surface area contributed by atoms with E-state index >= 15 is 0 Å². The van der Waals surface area contributed by atoms with Crippen molar-refractivity contribution in [3.05, 3.63) is 30.6 Å². The first-order chi connectivity index (χ1) is 9.13. The number of hydrogen-bond acceptors (Lipinski definition) is 4. The van der Waals surface area contributed by atoms with E-state index in [2.05, 4.69) is 15.5 Å². The fourth-order valence-corrected chi connectivity index (χ4v) is 1.66. The van der Waals surface area contributed by atoms with E-state index in [-0.39, 0.29) is 5.91 Å². The van der Waals surface area contributed by atoms with Crippen LogP contribution < -0.4 is 5.32 Å². The van der Waals surface area contributed by atoms with Gasteiger partial charge in [-0.3, -0.25) is 4.79 Å². The molecule has 1 aromatic heterocycles. The SMILES string of the molecule is COC(C)C(=O)Nc1ccccc1-c1nncn1C. The maximum Gasteiger partial charge on any atom is 0.253 e. The highest BCUT2D eigenvalue weighted by Gasteiger charge is 2.15. The van der Waals surface area contributed by atoms with Crippen molar-refractivity contribution in [1.82, 2.24) is 14.8 Å². The molecule has 0 saturated carbocycles. The van der Waals surface area contributed by atoms with Gasteiger partial charge in [0.1, 0.15) is 12.4 Å². The summed E-state index contributed by atoms with van der Waals surface area (Å²) in [4.78, 5) is 11.9. The number of aromatic nitrogens is 3. The van der Waals surface area contributed by atoms with Crippen LogP contribution in [-0.4, -0.2) is 33.9 Å². The molecule has 2 rings (SSSR count). The lowest BCUT2D eigenvalue weighted by molar-refractivity contribution is -0.124. The van der Waals surface area contributed by atoms with Crippen molar-refractivity contribution in [3.8, 4) is 11.4 Å². The molecule has 100 valence electrons. The van der Waals surface area contributed by atoms with Crippen molar-refractivity contribution < 1.29 is 9.53 Å². The molecule has 1 atom stereocenters. The summed E-state index contributed by atoms with van der Waals surface area (Å²) >= 11 is 0. The van der Waals surface area contributed by atoms with E-state index in [1.807, 2.05) is 31.3 Å². The molecule has 0 spiro atoms. The molecule has 2 aromatic rings. The maximum absolute atomic E-state index is 11.9. The average Bonchev–Trinajstić information content (AvgIpc) is 2.84. The van der Waals surface area contributed by atoms with E-state index < -0.39 is 6.10 Å². The van der Waals surface area contributed by atoms with Crippen molar-refractivity contribution in [1.29, 1.82) is 0 Å². The first kappa shape index (κ1) is 13.2. The highest BCUT2D eigenvalue weighted by atomic mass is 16.5. The number of benzene rings is 1. The summed E-state index contributed by atoms with van der Waals surface area (Å²) in [6.07, 6.45) is 1.11. The second-order valence-corrected chi connectivity index (χ2v) is 4.18. The molecule has 0 aliphatic heterocycles. The summed E-state index contributed by atoms with van der Waals surface area (Å²) in [6, 6.07) is 7.45.